The molecule has 0 aromatic carbocycles. The van der Waals surface area contributed by atoms with E-state index in [2.05, 4.69) is 0 Å². The quantitative estimate of drug-likeness (QED) is 0.467. The van der Waals surface area contributed by atoms with E-state index < -0.39 is 11.9 Å². The van der Waals surface area contributed by atoms with Gasteiger partial charge in [0.2, 0.25) is 5.91 Å². The molecule has 1 fully saturated rings. The molecular formula is C8H10N2O3. The van der Waals surface area contributed by atoms with Gasteiger partial charge in [0, 0.05) is 5.92 Å². The second-order valence-electron chi connectivity index (χ2n) is 3.15. The molecule has 0 heterocycles. The van der Waals surface area contributed by atoms with Crippen LogP contribution in [0, 0.1) is 23.3 Å². The van der Waals surface area contributed by atoms with Crippen molar-refractivity contribution in [1.82, 2.24) is 5.32 Å². The highest BCUT2D eigenvalue weighted by Crippen LogP contribution is 2.30. The van der Waals surface area contributed by atoms with E-state index in [0.717, 1.165) is 0 Å². The average molecular weight is 182 g/mol. The molecule has 1 amide bonds. The van der Waals surface area contributed by atoms with Gasteiger partial charge in [-0.2, -0.15) is 5.26 Å². The average Bonchev–Trinajstić information content (AvgIpc) is 2.52. The predicted molar refractivity (Wildman–Crippen MR) is 42.2 cm³/mol. The summed E-state index contributed by atoms with van der Waals surface area (Å²) in [4.78, 5) is 21.6. The minimum atomic E-state index is -0.854. The first-order valence-electron chi connectivity index (χ1n) is 4.07. The Kier molecular flexibility index (Phi) is 2.85. The lowest BCUT2D eigenvalue weighted by molar-refractivity contribution is -0.141. The smallest absolute Gasteiger partial charge is 0.306 e. The molecule has 5 nitrogen and oxygen atoms in total. The Balaban J connectivity index is 2.46. The Labute approximate surface area is 75.3 Å². The largest absolute Gasteiger partial charge is 0.481 e. The Morgan fingerprint density at radius 2 is 2.00 bits per heavy atom. The molecule has 13 heavy (non-hydrogen) atoms. The molecule has 70 valence electrons. The topological polar surface area (TPSA) is 90.2 Å². The number of rotatable bonds is 2. The number of nitrogens with one attached hydrogen (secondary N) is 1. The van der Waals surface area contributed by atoms with Crippen molar-refractivity contribution in [2.75, 3.05) is 0 Å². The maximum absolute atomic E-state index is 11.1. The second-order valence-corrected chi connectivity index (χ2v) is 3.15. The molecule has 1 aliphatic carbocycles. The van der Waals surface area contributed by atoms with Crippen molar-refractivity contribution in [3.63, 3.8) is 0 Å². The van der Waals surface area contributed by atoms with Crippen molar-refractivity contribution in [3.8, 4) is 6.19 Å². The summed E-state index contributed by atoms with van der Waals surface area (Å²) in [6, 6.07) is 0. The number of amides is 1. The number of hydrogen-bond donors (Lipinski definition) is 2. The Hall–Kier alpha value is -1.57. The molecular weight excluding hydrogens is 172 g/mol. The fraction of sp³-hybridized carbons (Fsp3) is 0.625. The minimum absolute atomic E-state index is 0.305. The van der Waals surface area contributed by atoms with Gasteiger partial charge in [-0.25, -0.2) is 0 Å². The number of aliphatic carboxylic acids is 1. The zero-order valence-electron chi connectivity index (χ0n) is 6.99. The Bertz CT molecular complexity index is 269. The summed E-state index contributed by atoms with van der Waals surface area (Å²) in [5, 5.41) is 18.8. The van der Waals surface area contributed by atoms with E-state index in [0.29, 0.717) is 19.3 Å². The molecule has 0 aliphatic heterocycles. The van der Waals surface area contributed by atoms with Crippen LogP contribution in [-0.2, 0) is 9.59 Å². The number of carboxylic acids is 1. The van der Waals surface area contributed by atoms with Crippen LogP contribution in [0.3, 0.4) is 0 Å². The van der Waals surface area contributed by atoms with E-state index in [1.807, 2.05) is 5.32 Å². The monoisotopic (exact) mass is 182 g/mol. The van der Waals surface area contributed by atoms with Crippen molar-refractivity contribution in [2.24, 2.45) is 11.8 Å². The second kappa shape index (κ2) is 3.90. The van der Waals surface area contributed by atoms with Crippen LogP contribution in [0.1, 0.15) is 19.3 Å². The van der Waals surface area contributed by atoms with Gasteiger partial charge in [0.05, 0.1) is 5.92 Å². The highest BCUT2D eigenvalue weighted by Gasteiger charge is 2.33. The maximum atomic E-state index is 11.1. The van der Waals surface area contributed by atoms with E-state index in [9.17, 15) is 9.59 Å². The third-order valence-electron chi connectivity index (χ3n) is 2.33. The predicted octanol–water partition coefficient (Wildman–Crippen LogP) is 0.0846. The summed E-state index contributed by atoms with van der Waals surface area (Å²) in [6.45, 7) is 0. The maximum Gasteiger partial charge on any atom is 0.306 e. The molecule has 1 aliphatic rings. The number of carbonyl (C=O) groups is 2. The van der Waals surface area contributed by atoms with Crippen LogP contribution in [0.4, 0.5) is 0 Å². The van der Waals surface area contributed by atoms with Crippen LogP contribution in [0.5, 0.6) is 0 Å². The number of carboxylic acid groups (broad SMARTS) is 1. The summed E-state index contributed by atoms with van der Waals surface area (Å²) < 4.78 is 0. The molecule has 2 N–H and O–H groups in total. The minimum Gasteiger partial charge on any atom is -0.481 e. The molecule has 2 atom stereocenters. The van der Waals surface area contributed by atoms with Gasteiger partial charge in [-0.15, -0.1) is 0 Å². The summed E-state index contributed by atoms with van der Waals surface area (Å²) >= 11 is 0. The normalized spacial score (nSPS) is 26.4. The highest BCUT2D eigenvalue weighted by atomic mass is 16.4. The Morgan fingerprint density at radius 1 is 1.38 bits per heavy atom. The summed E-state index contributed by atoms with van der Waals surface area (Å²) in [5.41, 5.74) is 0. The fourth-order valence-electron chi connectivity index (χ4n) is 1.60. The first-order chi connectivity index (χ1) is 6.15. The van der Waals surface area contributed by atoms with Gasteiger partial charge in [-0.3, -0.25) is 14.9 Å². The van der Waals surface area contributed by atoms with Crippen molar-refractivity contribution in [3.05, 3.63) is 0 Å². The van der Waals surface area contributed by atoms with Gasteiger partial charge in [0.15, 0.2) is 6.19 Å². The van der Waals surface area contributed by atoms with Gasteiger partial charge < -0.3 is 5.11 Å². The molecule has 1 rings (SSSR count). The van der Waals surface area contributed by atoms with Crippen LogP contribution in [0.15, 0.2) is 0 Å². The lowest BCUT2D eigenvalue weighted by atomic mass is 10.0. The third kappa shape index (κ3) is 2.18. The molecule has 0 radical (unpaired) electrons. The first-order valence-corrected chi connectivity index (χ1v) is 4.07. The van der Waals surface area contributed by atoms with E-state index in [1.54, 1.807) is 6.19 Å². The Morgan fingerprint density at radius 3 is 2.46 bits per heavy atom. The van der Waals surface area contributed by atoms with Crippen LogP contribution >= 0.6 is 0 Å². The van der Waals surface area contributed by atoms with Gasteiger partial charge >= 0.3 is 5.97 Å². The number of carbonyl (C=O) groups excluding carboxylic acids is 1. The SMILES string of the molecule is N#CNC(=O)C1CCC(C(=O)O)C1. The molecule has 0 aromatic heterocycles. The molecule has 0 aromatic rings. The third-order valence-corrected chi connectivity index (χ3v) is 2.33. The molecule has 1 saturated carbocycles. The van der Waals surface area contributed by atoms with E-state index in [-0.39, 0.29) is 11.8 Å². The summed E-state index contributed by atoms with van der Waals surface area (Å²) in [7, 11) is 0. The summed E-state index contributed by atoms with van der Waals surface area (Å²) in [6.07, 6.45) is 2.98. The zero-order chi connectivity index (χ0) is 9.84. The van der Waals surface area contributed by atoms with Gasteiger partial charge in [0.1, 0.15) is 0 Å². The van der Waals surface area contributed by atoms with Crippen LogP contribution in [0.2, 0.25) is 0 Å². The lowest BCUT2D eigenvalue weighted by Crippen LogP contribution is -2.25. The van der Waals surface area contributed by atoms with E-state index in [1.165, 1.54) is 0 Å². The van der Waals surface area contributed by atoms with Crippen molar-refractivity contribution in [2.45, 2.75) is 19.3 Å². The standard InChI is InChI=1S/C8H10N2O3/c9-4-10-7(11)5-1-2-6(3-5)8(12)13/h5-6H,1-3H2,(H,10,11)(H,12,13). The van der Waals surface area contributed by atoms with E-state index in [4.69, 9.17) is 10.4 Å². The van der Waals surface area contributed by atoms with Gasteiger partial charge in [-0.05, 0) is 19.3 Å². The lowest BCUT2D eigenvalue weighted by Gasteiger charge is -2.04. The highest BCUT2D eigenvalue weighted by molar-refractivity contribution is 5.81. The number of nitrogens with zero attached hydrogens (tertiary/aromatic N) is 1. The van der Waals surface area contributed by atoms with Crippen LogP contribution in [-0.4, -0.2) is 17.0 Å². The molecule has 5 heteroatoms. The van der Waals surface area contributed by atoms with E-state index >= 15 is 0 Å². The number of nitriles is 1. The first kappa shape index (κ1) is 9.52. The number of hydrogen-bond acceptors (Lipinski definition) is 3. The molecule has 0 saturated heterocycles. The molecule has 2 unspecified atom stereocenters. The molecule has 0 spiro atoms. The summed E-state index contributed by atoms with van der Waals surface area (Å²) in [5.74, 6) is -1.94. The zero-order valence-corrected chi connectivity index (χ0v) is 6.99. The van der Waals surface area contributed by atoms with Gasteiger partial charge in [0.25, 0.3) is 0 Å². The van der Waals surface area contributed by atoms with Crippen LogP contribution in [0.25, 0.3) is 0 Å². The van der Waals surface area contributed by atoms with Crippen molar-refractivity contribution < 1.29 is 14.7 Å². The fourth-order valence-corrected chi connectivity index (χ4v) is 1.60. The van der Waals surface area contributed by atoms with Crippen molar-refractivity contribution >= 4 is 11.9 Å². The van der Waals surface area contributed by atoms with Crippen molar-refractivity contribution in [1.29, 1.82) is 5.26 Å². The van der Waals surface area contributed by atoms with Crippen LogP contribution < -0.4 is 5.32 Å². The molecule has 0 bridgehead atoms. The van der Waals surface area contributed by atoms with Gasteiger partial charge in [-0.1, -0.05) is 0 Å².